The van der Waals surface area contributed by atoms with Gasteiger partial charge in [0.1, 0.15) is 0 Å². The summed E-state index contributed by atoms with van der Waals surface area (Å²) in [5.41, 5.74) is 0. The van der Waals surface area contributed by atoms with E-state index < -0.39 is 12.1 Å². The average Bonchev–Trinajstić information content (AvgIpc) is 3.13. The van der Waals surface area contributed by atoms with Gasteiger partial charge in [-0.3, -0.25) is 4.79 Å². The van der Waals surface area contributed by atoms with Crippen molar-refractivity contribution in [2.75, 3.05) is 6.61 Å². The summed E-state index contributed by atoms with van der Waals surface area (Å²) >= 11 is 0. The van der Waals surface area contributed by atoms with Gasteiger partial charge in [0.15, 0.2) is 0 Å². The van der Waals surface area contributed by atoms with Crippen LogP contribution in [0.15, 0.2) is 60.8 Å². The summed E-state index contributed by atoms with van der Waals surface area (Å²) in [4.78, 5) is 12.3. The summed E-state index contributed by atoms with van der Waals surface area (Å²) < 4.78 is 0. The van der Waals surface area contributed by atoms with Crippen LogP contribution in [0.1, 0.15) is 213 Å². The van der Waals surface area contributed by atoms with Crippen molar-refractivity contribution in [2.45, 2.75) is 225 Å². The van der Waals surface area contributed by atoms with Crippen LogP contribution in [0.25, 0.3) is 0 Å². The van der Waals surface area contributed by atoms with Crippen LogP contribution in [-0.4, -0.2) is 34.9 Å². The fourth-order valence-electron chi connectivity index (χ4n) is 6.36. The Hall–Kier alpha value is -1.91. The van der Waals surface area contributed by atoms with E-state index in [0.717, 1.165) is 51.4 Å². The third kappa shape index (κ3) is 39.1. The highest BCUT2D eigenvalue weighted by atomic mass is 16.3. The van der Waals surface area contributed by atoms with Gasteiger partial charge in [0.25, 0.3) is 0 Å². The van der Waals surface area contributed by atoms with Crippen molar-refractivity contribution < 1.29 is 15.0 Å². The van der Waals surface area contributed by atoms with E-state index in [0.29, 0.717) is 6.42 Å². The standard InChI is InChI=1S/C47H85NO3/c1-3-5-7-9-11-13-15-16-17-18-19-20-21-22-23-24-25-26-27-28-29-30-31-32-33-35-37-39-41-43-47(51)48-45(44-49)46(50)42-40-38-36-34-14-12-10-8-6-4-2/h6,8,14-16,18-19,34,40,42,45-46,49-50H,3-5,7,9-13,17,20-33,35-39,41,43-44H2,1-2H3,(H,48,51)/b8-6+,16-15-,19-18-,34-14+,42-40+. The molecule has 0 aromatic heterocycles. The third-order valence-corrected chi connectivity index (χ3v) is 9.71. The van der Waals surface area contributed by atoms with Crippen molar-refractivity contribution in [1.82, 2.24) is 5.32 Å². The highest BCUT2D eigenvalue weighted by molar-refractivity contribution is 5.76. The predicted molar refractivity (Wildman–Crippen MR) is 225 cm³/mol. The SMILES string of the molecule is CC/C=C/CC/C=C/CC/C=C/C(O)C(CO)NC(=O)CCCCCCCCCCCCCCCCCCC/C=C\C/C=C\CCCCCCC. The van der Waals surface area contributed by atoms with E-state index in [9.17, 15) is 15.0 Å². The zero-order chi connectivity index (χ0) is 37.1. The molecule has 296 valence electrons. The molecular weight excluding hydrogens is 627 g/mol. The number of hydrogen-bond acceptors (Lipinski definition) is 3. The lowest BCUT2D eigenvalue weighted by atomic mass is 10.0. The summed E-state index contributed by atoms with van der Waals surface area (Å²) in [6, 6.07) is -0.644. The highest BCUT2D eigenvalue weighted by Crippen LogP contribution is 2.15. The lowest BCUT2D eigenvalue weighted by Crippen LogP contribution is -2.45. The van der Waals surface area contributed by atoms with Gasteiger partial charge in [0.05, 0.1) is 18.8 Å². The molecule has 0 aliphatic carbocycles. The molecule has 0 saturated heterocycles. The molecule has 1 amide bonds. The maximum absolute atomic E-state index is 12.3. The Kier molecular flexibility index (Phi) is 40.9. The number of carbonyl (C=O) groups is 1. The smallest absolute Gasteiger partial charge is 0.220 e. The molecule has 0 aliphatic heterocycles. The predicted octanol–water partition coefficient (Wildman–Crippen LogP) is 13.7. The Morgan fingerprint density at radius 3 is 1.33 bits per heavy atom. The minimum atomic E-state index is -0.868. The lowest BCUT2D eigenvalue weighted by Gasteiger charge is -2.19. The van der Waals surface area contributed by atoms with E-state index in [1.54, 1.807) is 6.08 Å². The van der Waals surface area contributed by atoms with Crippen molar-refractivity contribution in [3.63, 3.8) is 0 Å². The summed E-state index contributed by atoms with van der Waals surface area (Å²) in [7, 11) is 0. The molecule has 0 heterocycles. The topological polar surface area (TPSA) is 69.6 Å². The second kappa shape index (κ2) is 42.5. The fraction of sp³-hybridized carbons (Fsp3) is 0.766. The monoisotopic (exact) mass is 712 g/mol. The summed E-state index contributed by atoms with van der Waals surface area (Å²) in [6.45, 7) is 4.16. The summed E-state index contributed by atoms with van der Waals surface area (Å²) in [6.07, 6.45) is 59.2. The minimum Gasteiger partial charge on any atom is -0.394 e. The number of aliphatic hydroxyl groups excluding tert-OH is 2. The molecule has 0 spiro atoms. The Morgan fingerprint density at radius 2 is 0.882 bits per heavy atom. The molecular formula is C47H85NO3. The molecule has 0 saturated carbocycles. The van der Waals surface area contributed by atoms with E-state index in [1.807, 2.05) is 6.08 Å². The van der Waals surface area contributed by atoms with Crippen LogP contribution < -0.4 is 5.32 Å². The van der Waals surface area contributed by atoms with Gasteiger partial charge in [0, 0.05) is 6.42 Å². The Balaban J connectivity index is 3.48. The van der Waals surface area contributed by atoms with E-state index >= 15 is 0 Å². The van der Waals surface area contributed by atoms with Crippen molar-refractivity contribution in [1.29, 1.82) is 0 Å². The van der Waals surface area contributed by atoms with Crippen LogP contribution in [0, 0.1) is 0 Å². The van der Waals surface area contributed by atoms with Gasteiger partial charge >= 0.3 is 0 Å². The van der Waals surface area contributed by atoms with E-state index in [4.69, 9.17) is 0 Å². The van der Waals surface area contributed by atoms with Gasteiger partial charge in [-0.25, -0.2) is 0 Å². The molecule has 0 aromatic carbocycles. The molecule has 4 nitrogen and oxygen atoms in total. The first-order valence-electron chi connectivity index (χ1n) is 22.0. The van der Waals surface area contributed by atoms with Gasteiger partial charge in [-0.05, 0) is 70.6 Å². The molecule has 4 heteroatoms. The first-order chi connectivity index (χ1) is 25.2. The molecule has 0 bridgehead atoms. The highest BCUT2D eigenvalue weighted by Gasteiger charge is 2.17. The zero-order valence-corrected chi connectivity index (χ0v) is 33.9. The Morgan fingerprint density at radius 1 is 0.490 bits per heavy atom. The minimum absolute atomic E-state index is 0.0811. The number of hydrogen-bond donors (Lipinski definition) is 3. The average molecular weight is 712 g/mol. The van der Waals surface area contributed by atoms with Crippen LogP contribution in [-0.2, 0) is 4.79 Å². The Labute approximate surface area is 317 Å². The van der Waals surface area contributed by atoms with E-state index in [1.165, 1.54) is 141 Å². The number of rotatable bonds is 39. The molecule has 0 aromatic rings. The second-order valence-corrected chi connectivity index (χ2v) is 14.7. The molecule has 3 N–H and O–H groups in total. The number of allylic oxidation sites excluding steroid dienone is 9. The van der Waals surface area contributed by atoms with Crippen molar-refractivity contribution >= 4 is 5.91 Å². The van der Waals surface area contributed by atoms with Crippen molar-refractivity contribution in [2.24, 2.45) is 0 Å². The van der Waals surface area contributed by atoms with E-state index in [2.05, 4.69) is 67.8 Å². The molecule has 2 unspecified atom stereocenters. The fourth-order valence-corrected chi connectivity index (χ4v) is 6.36. The van der Waals surface area contributed by atoms with Crippen LogP contribution >= 0.6 is 0 Å². The maximum atomic E-state index is 12.3. The molecule has 0 fully saturated rings. The molecule has 0 rings (SSSR count). The Bertz CT molecular complexity index is 858. The van der Waals surface area contributed by atoms with Gasteiger partial charge in [-0.1, -0.05) is 197 Å². The molecule has 2 atom stereocenters. The number of nitrogens with one attached hydrogen (secondary N) is 1. The second-order valence-electron chi connectivity index (χ2n) is 14.7. The van der Waals surface area contributed by atoms with Crippen LogP contribution in [0.3, 0.4) is 0 Å². The van der Waals surface area contributed by atoms with Gasteiger partial charge < -0.3 is 15.5 Å². The first kappa shape index (κ1) is 49.1. The molecule has 51 heavy (non-hydrogen) atoms. The largest absolute Gasteiger partial charge is 0.394 e. The summed E-state index contributed by atoms with van der Waals surface area (Å²) in [5.74, 6) is -0.0811. The van der Waals surface area contributed by atoms with Crippen molar-refractivity contribution in [3.8, 4) is 0 Å². The van der Waals surface area contributed by atoms with Gasteiger partial charge in [-0.2, -0.15) is 0 Å². The van der Waals surface area contributed by atoms with Crippen LogP contribution in [0.4, 0.5) is 0 Å². The number of unbranched alkanes of at least 4 members (excludes halogenated alkanes) is 24. The van der Waals surface area contributed by atoms with Crippen molar-refractivity contribution in [3.05, 3.63) is 60.8 Å². The number of aliphatic hydroxyl groups is 2. The number of carbonyl (C=O) groups excluding carboxylic acids is 1. The third-order valence-electron chi connectivity index (χ3n) is 9.71. The normalized spacial score (nSPS) is 13.6. The van der Waals surface area contributed by atoms with Crippen LogP contribution in [0.5, 0.6) is 0 Å². The van der Waals surface area contributed by atoms with Gasteiger partial charge in [-0.15, -0.1) is 0 Å². The van der Waals surface area contributed by atoms with Crippen LogP contribution in [0.2, 0.25) is 0 Å². The first-order valence-corrected chi connectivity index (χ1v) is 22.0. The molecule has 0 radical (unpaired) electrons. The summed E-state index contributed by atoms with van der Waals surface area (Å²) in [5, 5.41) is 22.8. The van der Waals surface area contributed by atoms with E-state index in [-0.39, 0.29) is 12.5 Å². The maximum Gasteiger partial charge on any atom is 0.220 e. The zero-order valence-electron chi connectivity index (χ0n) is 33.9. The number of amides is 1. The quantitative estimate of drug-likeness (QED) is 0.0439. The molecule has 0 aliphatic rings. The van der Waals surface area contributed by atoms with Gasteiger partial charge in [0.2, 0.25) is 5.91 Å². The lowest BCUT2D eigenvalue weighted by molar-refractivity contribution is -0.123.